The highest BCUT2D eigenvalue weighted by Crippen LogP contribution is 2.31. The quantitative estimate of drug-likeness (QED) is 0.202. The number of nitrogens with one attached hydrogen (secondary N) is 1. The van der Waals surface area contributed by atoms with Crippen LogP contribution in [0.15, 0.2) is 29.3 Å². The van der Waals surface area contributed by atoms with E-state index in [-0.39, 0.29) is 30.0 Å². The van der Waals surface area contributed by atoms with Gasteiger partial charge in [0.05, 0.1) is 18.2 Å². The smallest absolute Gasteiger partial charge is 0.382 e. The van der Waals surface area contributed by atoms with Crippen molar-refractivity contribution < 1.29 is 17.9 Å². The molecule has 1 aromatic carbocycles. The number of rotatable bonds is 11. The first-order chi connectivity index (χ1) is 12.8. The minimum Gasteiger partial charge on any atom is -0.382 e. The first kappa shape index (κ1) is 26.9. The van der Waals surface area contributed by atoms with Crippen molar-refractivity contribution in [3.05, 3.63) is 35.4 Å². The largest absolute Gasteiger partial charge is 0.416 e. The number of likely N-dealkylation sites (N-methyl/N-ethyl adjacent to an activating group) is 1. The molecule has 1 unspecified atom stereocenters. The van der Waals surface area contributed by atoms with Gasteiger partial charge in [-0.25, -0.2) is 0 Å². The van der Waals surface area contributed by atoms with E-state index in [9.17, 15) is 13.2 Å². The average Bonchev–Trinajstić information content (AvgIpc) is 2.64. The third kappa shape index (κ3) is 9.42. The van der Waals surface area contributed by atoms with E-state index >= 15 is 0 Å². The SMILES string of the molecule is CCOCCCNC(N)=NCC(c1ccc(C(F)(F)F)cc1)N(CC)CC.I. The molecule has 0 aliphatic heterocycles. The summed E-state index contributed by atoms with van der Waals surface area (Å²) in [5.41, 5.74) is 6.05. The van der Waals surface area contributed by atoms with Crippen molar-refractivity contribution in [1.29, 1.82) is 0 Å². The monoisotopic (exact) mass is 516 g/mol. The van der Waals surface area contributed by atoms with Crippen LogP contribution < -0.4 is 11.1 Å². The lowest BCUT2D eigenvalue weighted by molar-refractivity contribution is -0.137. The van der Waals surface area contributed by atoms with Gasteiger partial charge in [-0.3, -0.25) is 9.89 Å². The summed E-state index contributed by atoms with van der Waals surface area (Å²) in [5.74, 6) is 0.329. The summed E-state index contributed by atoms with van der Waals surface area (Å²) in [6, 6.07) is 5.14. The maximum atomic E-state index is 12.8. The highest BCUT2D eigenvalue weighted by molar-refractivity contribution is 14.0. The Balaban J connectivity index is 0.00000729. The van der Waals surface area contributed by atoms with Crippen LogP contribution in [0, 0.1) is 0 Å². The third-order valence-electron chi connectivity index (χ3n) is 4.29. The molecule has 1 rings (SSSR count). The molecule has 0 amide bonds. The summed E-state index contributed by atoms with van der Waals surface area (Å²) in [6.07, 6.45) is -3.51. The topological polar surface area (TPSA) is 62.9 Å². The molecule has 0 aromatic heterocycles. The van der Waals surface area contributed by atoms with Gasteiger partial charge in [0.2, 0.25) is 0 Å². The number of ether oxygens (including phenoxy) is 1. The van der Waals surface area contributed by atoms with Crippen LogP contribution in [-0.4, -0.2) is 50.3 Å². The normalized spacial score (nSPS) is 13.3. The number of aliphatic imine (C=N–C) groups is 1. The average molecular weight is 516 g/mol. The second-order valence-corrected chi connectivity index (χ2v) is 6.06. The minimum atomic E-state index is -4.34. The summed E-state index contributed by atoms with van der Waals surface area (Å²) in [4.78, 5) is 6.53. The van der Waals surface area contributed by atoms with E-state index in [1.54, 1.807) is 0 Å². The Hall–Kier alpha value is -1.07. The fraction of sp³-hybridized carbons (Fsp3) is 0.632. The number of nitrogens with two attached hydrogens (primary N) is 1. The molecule has 0 heterocycles. The second kappa shape index (κ2) is 14.0. The summed E-state index contributed by atoms with van der Waals surface area (Å²) >= 11 is 0. The van der Waals surface area contributed by atoms with Crippen molar-refractivity contribution >= 4 is 29.9 Å². The molecule has 0 saturated heterocycles. The standard InChI is InChI=1S/C19H31F3N4O.HI/c1-4-26(5-2)17(14-25-18(23)24-12-7-13-27-6-3)15-8-10-16(11-9-15)19(20,21)22;/h8-11,17H,4-7,12-14H2,1-3H3,(H3,23,24,25);1H. The van der Waals surface area contributed by atoms with Crippen LogP contribution in [0.5, 0.6) is 0 Å². The maximum Gasteiger partial charge on any atom is 0.416 e. The summed E-state index contributed by atoms with van der Waals surface area (Å²) in [5, 5.41) is 3.03. The van der Waals surface area contributed by atoms with E-state index < -0.39 is 11.7 Å². The molecular formula is C19H32F3IN4O. The maximum absolute atomic E-state index is 12.8. The van der Waals surface area contributed by atoms with Gasteiger partial charge >= 0.3 is 6.18 Å². The Labute approximate surface area is 182 Å². The molecule has 1 atom stereocenters. The van der Waals surface area contributed by atoms with Crippen LogP contribution in [0.25, 0.3) is 0 Å². The van der Waals surface area contributed by atoms with Crippen LogP contribution in [0.1, 0.15) is 44.4 Å². The Bertz CT molecular complexity index is 563. The molecule has 9 heteroatoms. The van der Waals surface area contributed by atoms with Crippen molar-refractivity contribution in [1.82, 2.24) is 10.2 Å². The van der Waals surface area contributed by atoms with E-state index in [0.717, 1.165) is 37.2 Å². The first-order valence-corrected chi connectivity index (χ1v) is 9.36. The van der Waals surface area contributed by atoms with Crippen LogP contribution in [0.3, 0.4) is 0 Å². The van der Waals surface area contributed by atoms with E-state index in [4.69, 9.17) is 10.5 Å². The molecule has 162 valence electrons. The summed E-state index contributed by atoms with van der Waals surface area (Å²) in [7, 11) is 0. The Morgan fingerprint density at radius 3 is 2.29 bits per heavy atom. The van der Waals surface area contributed by atoms with E-state index in [0.29, 0.717) is 32.3 Å². The van der Waals surface area contributed by atoms with Gasteiger partial charge in [-0.15, -0.1) is 24.0 Å². The van der Waals surface area contributed by atoms with Crippen molar-refractivity contribution in [2.75, 3.05) is 39.4 Å². The van der Waals surface area contributed by atoms with E-state index in [1.807, 2.05) is 20.8 Å². The molecule has 0 bridgehead atoms. The van der Waals surface area contributed by atoms with Crippen molar-refractivity contribution in [3.8, 4) is 0 Å². The second-order valence-electron chi connectivity index (χ2n) is 6.06. The van der Waals surface area contributed by atoms with E-state index in [1.165, 1.54) is 12.1 Å². The number of benzene rings is 1. The highest BCUT2D eigenvalue weighted by Gasteiger charge is 2.30. The molecule has 3 N–H and O–H groups in total. The Morgan fingerprint density at radius 1 is 1.18 bits per heavy atom. The number of hydrogen-bond donors (Lipinski definition) is 2. The lowest BCUT2D eigenvalue weighted by atomic mass is 10.0. The molecule has 5 nitrogen and oxygen atoms in total. The molecule has 1 aromatic rings. The van der Waals surface area contributed by atoms with Gasteiger partial charge in [-0.05, 0) is 44.1 Å². The van der Waals surface area contributed by atoms with Gasteiger partial charge in [-0.1, -0.05) is 26.0 Å². The van der Waals surface area contributed by atoms with Crippen LogP contribution in [0.4, 0.5) is 13.2 Å². The molecule has 0 fully saturated rings. The zero-order valence-corrected chi connectivity index (χ0v) is 19.1. The third-order valence-corrected chi connectivity index (χ3v) is 4.29. The van der Waals surface area contributed by atoms with Crippen molar-refractivity contribution in [2.24, 2.45) is 10.7 Å². The predicted octanol–water partition coefficient (Wildman–Crippen LogP) is 4.04. The predicted molar refractivity (Wildman–Crippen MR) is 118 cm³/mol. The van der Waals surface area contributed by atoms with Gasteiger partial charge < -0.3 is 15.8 Å². The van der Waals surface area contributed by atoms with Gasteiger partial charge in [0.1, 0.15) is 0 Å². The zero-order chi connectivity index (χ0) is 20.3. The number of halogens is 4. The van der Waals surface area contributed by atoms with Crippen molar-refractivity contribution in [3.63, 3.8) is 0 Å². The molecule has 0 radical (unpaired) electrons. The van der Waals surface area contributed by atoms with Crippen molar-refractivity contribution in [2.45, 2.75) is 39.4 Å². The van der Waals surface area contributed by atoms with Crippen LogP contribution in [0.2, 0.25) is 0 Å². The molecule has 0 saturated carbocycles. The Kier molecular flexibility index (Phi) is 13.5. The van der Waals surface area contributed by atoms with E-state index in [2.05, 4.69) is 15.2 Å². The molecular weight excluding hydrogens is 484 g/mol. The fourth-order valence-electron chi connectivity index (χ4n) is 2.77. The summed E-state index contributed by atoms with van der Waals surface area (Å²) < 4.78 is 43.6. The minimum absolute atomic E-state index is 0. The van der Waals surface area contributed by atoms with Gasteiger partial charge in [0.25, 0.3) is 0 Å². The highest BCUT2D eigenvalue weighted by atomic mass is 127. The van der Waals surface area contributed by atoms with Gasteiger partial charge in [-0.2, -0.15) is 13.2 Å². The van der Waals surface area contributed by atoms with Gasteiger partial charge in [0.15, 0.2) is 5.96 Å². The lowest BCUT2D eigenvalue weighted by Gasteiger charge is -2.29. The number of alkyl halides is 3. The molecule has 28 heavy (non-hydrogen) atoms. The summed E-state index contributed by atoms with van der Waals surface area (Å²) in [6.45, 7) is 9.87. The number of guanidine groups is 1. The Morgan fingerprint density at radius 2 is 1.79 bits per heavy atom. The number of nitrogens with zero attached hydrogens (tertiary/aromatic N) is 2. The lowest BCUT2D eigenvalue weighted by Crippen LogP contribution is -2.35. The first-order valence-electron chi connectivity index (χ1n) is 9.36. The zero-order valence-electron chi connectivity index (χ0n) is 16.8. The number of hydrogen-bond acceptors (Lipinski definition) is 3. The molecule has 0 aliphatic rings. The molecule has 0 spiro atoms. The molecule has 0 aliphatic carbocycles. The van der Waals surface area contributed by atoms with Gasteiger partial charge in [0, 0.05) is 19.8 Å². The van der Waals surface area contributed by atoms with Crippen LogP contribution in [-0.2, 0) is 10.9 Å². The fourth-order valence-corrected chi connectivity index (χ4v) is 2.77. The van der Waals surface area contributed by atoms with Crippen LogP contribution >= 0.6 is 24.0 Å².